The number of hydrogen-bond acceptors (Lipinski definition) is 5. The lowest BCUT2D eigenvalue weighted by Crippen LogP contribution is -1.99. The van der Waals surface area contributed by atoms with Crippen molar-refractivity contribution in [1.82, 2.24) is 10.1 Å². The topological polar surface area (TPSA) is 57.4 Å². The first-order chi connectivity index (χ1) is 15.5. The van der Waals surface area contributed by atoms with Crippen molar-refractivity contribution in [3.05, 3.63) is 93.3 Å². The van der Waals surface area contributed by atoms with Crippen LogP contribution in [0.1, 0.15) is 22.6 Å². The van der Waals surface area contributed by atoms with E-state index in [9.17, 15) is 0 Å². The fourth-order valence-electron chi connectivity index (χ4n) is 3.13. The van der Waals surface area contributed by atoms with Crippen LogP contribution in [0, 0.1) is 6.92 Å². The lowest BCUT2D eigenvalue weighted by Gasteiger charge is -2.11. The van der Waals surface area contributed by atoms with Crippen LogP contribution in [-0.2, 0) is 6.61 Å². The number of hydrogen-bond donors (Lipinski definition) is 0. The number of aromatic nitrogens is 2. The van der Waals surface area contributed by atoms with Crippen molar-refractivity contribution in [2.45, 2.75) is 13.5 Å². The minimum atomic E-state index is 0.361. The maximum Gasteiger partial charge on any atom is 0.250 e. The van der Waals surface area contributed by atoms with Gasteiger partial charge in [-0.05, 0) is 66.6 Å². The molecule has 0 aliphatic heterocycles. The van der Waals surface area contributed by atoms with Crippen molar-refractivity contribution in [1.29, 1.82) is 0 Å². The standard InChI is InChI=1S/C25H20Cl2N2O3/c1-16-4-3-5-20(12-16)31-15-18-13-17(6-10-23(18)30-2)7-11-24-28-25(29-32-24)21-9-8-19(26)14-22(21)27/h3-14H,15H2,1-2H3/b11-7-. The maximum absolute atomic E-state index is 6.23. The zero-order chi connectivity index (χ0) is 22.5. The largest absolute Gasteiger partial charge is 0.496 e. The molecular weight excluding hydrogens is 447 g/mol. The van der Waals surface area contributed by atoms with Gasteiger partial charge in [-0.15, -0.1) is 0 Å². The molecule has 162 valence electrons. The fraction of sp³-hybridized carbons (Fsp3) is 0.120. The molecule has 1 heterocycles. The lowest BCUT2D eigenvalue weighted by molar-refractivity contribution is 0.296. The Hall–Kier alpha value is -3.28. The Morgan fingerprint density at radius 3 is 2.66 bits per heavy atom. The molecule has 0 bridgehead atoms. The van der Waals surface area contributed by atoms with Crippen molar-refractivity contribution in [3.63, 3.8) is 0 Å². The van der Waals surface area contributed by atoms with E-state index in [0.29, 0.717) is 33.9 Å². The SMILES string of the molecule is COc1ccc(/C=C\c2nc(-c3ccc(Cl)cc3Cl)no2)cc1COc1cccc(C)c1. The monoisotopic (exact) mass is 466 g/mol. The van der Waals surface area contributed by atoms with Gasteiger partial charge in [0.25, 0.3) is 5.89 Å². The van der Waals surface area contributed by atoms with Gasteiger partial charge >= 0.3 is 0 Å². The summed E-state index contributed by atoms with van der Waals surface area (Å²) >= 11 is 12.2. The van der Waals surface area contributed by atoms with Crippen molar-refractivity contribution < 1.29 is 14.0 Å². The Labute approximate surface area is 196 Å². The Kier molecular flexibility index (Phi) is 6.78. The molecule has 1 aromatic heterocycles. The van der Waals surface area contributed by atoms with Crippen LogP contribution in [0.2, 0.25) is 10.0 Å². The molecule has 0 radical (unpaired) electrons. The highest BCUT2D eigenvalue weighted by molar-refractivity contribution is 6.36. The quantitative estimate of drug-likeness (QED) is 0.290. The van der Waals surface area contributed by atoms with Gasteiger partial charge in [-0.2, -0.15) is 4.98 Å². The Bertz CT molecular complexity index is 1270. The molecular formula is C25H20Cl2N2O3. The molecule has 0 fully saturated rings. The molecule has 0 saturated carbocycles. The number of halogens is 2. The molecule has 7 heteroatoms. The van der Waals surface area contributed by atoms with Crippen molar-refractivity contribution in [2.75, 3.05) is 7.11 Å². The van der Waals surface area contributed by atoms with E-state index in [-0.39, 0.29) is 0 Å². The van der Waals surface area contributed by atoms with Crippen LogP contribution < -0.4 is 9.47 Å². The Balaban J connectivity index is 1.50. The summed E-state index contributed by atoms with van der Waals surface area (Å²) in [7, 11) is 1.64. The van der Waals surface area contributed by atoms with E-state index in [4.69, 9.17) is 37.2 Å². The van der Waals surface area contributed by atoms with Gasteiger partial charge in [0.1, 0.15) is 18.1 Å². The van der Waals surface area contributed by atoms with E-state index in [0.717, 1.165) is 28.2 Å². The molecule has 4 rings (SSSR count). The molecule has 32 heavy (non-hydrogen) atoms. The molecule has 5 nitrogen and oxygen atoms in total. The smallest absolute Gasteiger partial charge is 0.250 e. The maximum atomic E-state index is 6.23. The second-order valence-corrected chi connectivity index (χ2v) is 7.93. The molecule has 4 aromatic rings. The normalized spacial score (nSPS) is 11.1. The Morgan fingerprint density at radius 2 is 1.88 bits per heavy atom. The second-order valence-electron chi connectivity index (χ2n) is 7.09. The second kappa shape index (κ2) is 9.90. The molecule has 0 aliphatic rings. The van der Waals surface area contributed by atoms with E-state index in [1.165, 1.54) is 0 Å². The first-order valence-corrected chi connectivity index (χ1v) is 10.6. The number of benzene rings is 3. The van der Waals surface area contributed by atoms with Crippen LogP contribution in [0.15, 0.2) is 65.2 Å². The fourth-order valence-corrected chi connectivity index (χ4v) is 3.62. The van der Waals surface area contributed by atoms with E-state index in [1.54, 1.807) is 31.4 Å². The average molecular weight is 467 g/mol. The first kappa shape index (κ1) is 21.9. The van der Waals surface area contributed by atoms with Crippen molar-refractivity contribution in [2.24, 2.45) is 0 Å². The van der Waals surface area contributed by atoms with Gasteiger partial charge < -0.3 is 14.0 Å². The van der Waals surface area contributed by atoms with Crippen LogP contribution in [0.5, 0.6) is 11.5 Å². The molecule has 3 aromatic carbocycles. The predicted octanol–water partition coefficient (Wildman–Crippen LogP) is 7.11. The van der Waals surface area contributed by atoms with Crippen molar-refractivity contribution >= 4 is 35.4 Å². The third-order valence-corrected chi connectivity index (χ3v) is 5.27. The highest BCUT2D eigenvalue weighted by atomic mass is 35.5. The zero-order valence-corrected chi connectivity index (χ0v) is 19.0. The van der Waals surface area contributed by atoms with Gasteiger partial charge in [0, 0.05) is 22.2 Å². The van der Waals surface area contributed by atoms with Crippen LogP contribution >= 0.6 is 23.2 Å². The number of methoxy groups -OCH3 is 1. The molecule has 0 N–H and O–H groups in total. The highest BCUT2D eigenvalue weighted by Crippen LogP contribution is 2.29. The summed E-state index contributed by atoms with van der Waals surface area (Å²) in [4.78, 5) is 4.38. The molecule has 0 amide bonds. The average Bonchev–Trinajstić information content (AvgIpc) is 3.25. The van der Waals surface area contributed by atoms with E-state index < -0.39 is 0 Å². The van der Waals surface area contributed by atoms with Gasteiger partial charge in [0.15, 0.2) is 0 Å². The predicted molar refractivity (Wildman–Crippen MR) is 127 cm³/mol. The van der Waals surface area contributed by atoms with Gasteiger partial charge in [0.2, 0.25) is 5.82 Å². The summed E-state index contributed by atoms with van der Waals surface area (Å²) in [5.74, 6) is 2.33. The third-order valence-electron chi connectivity index (χ3n) is 4.72. The van der Waals surface area contributed by atoms with Crippen LogP contribution in [0.25, 0.3) is 23.5 Å². The summed E-state index contributed by atoms with van der Waals surface area (Å²) in [6.07, 6.45) is 3.63. The van der Waals surface area contributed by atoms with Gasteiger partial charge in [0.05, 0.1) is 12.1 Å². The van der Waals surface area contributed by atoms with Crippen molar-refractivity contribution in [3.8, 4) is 22.9 Å². The van der Waals surface area contributed by atoms with E-state index in [2.05, 4.69) is 10.1 Å². The molecule has 0 spiro atoms. The van der Waals surface area contributed by atoms with E-state index in [1.807, 2.05) is 55.5 Å². The van der Waals surface area contributed by atoms with Crippen LogP contribution in [0.3, 0.4) is 0 Å². The number of aryl methyl sites for hydroxylation is 1. The summed E-state index contributed by atoms with van der Waals surface area (Å²) in [5.41, 5.74) is 3.66. The first-order valence-electron chi connectivity index (χ1n) is 9.85. The number of nitrogens with zero attached hydrogens (tertiary/aromatic N) is 2. The van der Waals surface area contributed by atoms with E-state index >= 15 is 0 Å². The highest BCUT2D eigenvalue weighted by Gasteiger charge is 2.11. The van der Waals surface area contributed by atoms with Gasteiger partial charge in [-0.3, -0.25) is 0 Å². The minimum Gasteiger partial charge on any atom is -0.496 e. The summed E-state index contributed by atoms with van der Waals surface area (Å²) in [5, 5.41) is 5.01. The van der Waals surface area contributed by atoms with Crippen LogP contribution in [-0.4, -0.2) is 17.3 Å². The molecule has 0 saturated heterocycles. The molecule has 0 unspecified atom stereocenters. The third kappa shape index (κ3) is 5.31. The van der Waals surface area contributed by atoms with Gasteiger partial charge in [-0.1, -0.05) is 46.6 Å². The number of rotatable bonds is 7. The summed E-state index contributed by atoms with van der Waals surface area (Å²) in [6.45, 7) is 2.41. The molecule has 0 atom stereocenters. The van der Waals surface area contributed by atoms with Gasteiger partial charge in [-0.25, -0.2) is 0 Å². The Morgan fingerprint density at radius 1 is 1.00 bits per heavy atom. The minimum absolute atomic E-state index is 0.361. The summed E-state index contributed by atoms with van der Waals surface area (Å²) < 4.78 is 16.7. The zero-order valence-electron chi connectivity index (χ0n) is 17.5. The lowest BCUT2D eigenvalue weighted by atomic mass is 10.1. The van der Waals surface area contributed by atoms with Crippen LogP contribution in [0.4, 0.5) is 0 Å². The summed E-state index contributed by atoms with van der Waals surface area (Å²) in [6, 6.07) is 18.9. The molecule has 0 aliphatic carbocycles. The number of ether oxygens (including phenoxy) is 2.